The number of hydrogen-bond donors (Lipinski definition) is 2. The zero-order chi connectivity index (χ0) is 22.1. The molecule has 2 N–H and O–H groups in total. The number of alkyl halides is 2. The van der Waals surface area contributed by atoms with Crippen LogP contribution in [0.25, 0.3) is 0 Å². The van der Waals surface area contributed by atoms with Crippen molar-refractivity contribution in [2.75, 3.05) is 20.2 Å². The minimum absolute atomic E-state index is 0. The second kappa shape index (κ2) is 13.3. The van der Waals surface area contributed by atoms with E-state index in [-0.39, 0.29) is 42.2 Å². The second-order valence-electron chi connectivity index (χ2n) is 6.94. The zero-order valence-electron chi connectivity index (χ0n) is 18.5. The number of aromatic nitrogens is 1. The van der Waals surface area contributed by atoms with E-state index in [0.29, 0.717) is 30.4 Å². The summed E-state index contributed by atoms with van der Waals surface area (Å²) in [7, 11) is 1.65. The van der Waals surface area contributed by atoms with Gasteiger partial charge in [-0.1, -0.05) is 19.0 Å². The number of ether oxygens (including phenoxy) is 2. The van der Waals surface area contributed by atoms with Gasteiger partial charge < -0.3 is 24.6 Å². The van der Waals surface area contributed by atoms with E-state index in [1.165, 1.54) is 6.07 Å². The van der Waals surface area contributed by atoms with Gasteiger partial charge in [0.15, 0.2) is 5.96 Å². The SMILES string of the molecule is CCCOc1ccc(CNC(=NC)NCC(C)c2c(C)noc2C)c(OC(F)F)c1.I. The van der Waals surface area contributed by atoms with Gasteiger partial charge in [0.1, 0.15) is 17.3 Å². The molecule has 0 aliphatic heterocycles. The van der Waals surface area contributed by atoms with E-state index >= 15 is 0 Å². The van der Waals surface area contributed by atoms with Crippen molar-refractivity contribution in [3.05, 3.63) is 40.8 Å². The van der Waals surface area contributed by atoms with Gasteiger partial charge in [0.05, 0.1) is 12.3 Å². The third-order valence-corrected chi connectivity index (χ3v) is 4.55. The van der Waals surface area contributed by atoms with Crippen LogP contribution < -0.4 is 20.1 Å². The Hall–Kier alpha value is -2.11. The van der Waals surface area contributed by atoms with Crippen molar-refractivity contribution >= 4 is 29.9 Å². The highest BCUT2D eigenvalue weighted by Crippen LogP contribution is 2.27. The highest BCUT2D eigenvalue weighted by atomic mass is 127. The molecule has 0 aliphatic carbocycles. The third kappa shape index (κ3) is 8.15. The summed E-state index contributed by atoms with van der Waals surface area (Å²) in [6, 6.07) is 4.92. The van der Waals surface area contributed by atoms with Crippen LogP contribution in [-0.2, 0) is 6.54 Å². The largest absolute Gasteiger partial charge is 0.493 e. The molecule has 0 fully saturated rings. The van der Waals surface area contributed by atoms with Crippen LogP contribution in [-0.4, -0.2) is 37.9 Å². The smallest absolute Gasteiger partial charge is 0.387 e. The lowest BCUT2D eigenvalue weighted by Gasteiger charge is -2.17. The number of aliphatic imine (C=N–C) groups is 1. The first kappa shape index (κ1) is 26.9. The fraction of sp³-hybridized carbons (Fsp3) is 0.524. The summed E-state index contributed by atoms with van der Waals surface area (Å²) in [5, 5.41) is 10.3. The van der Waals surface area contributed by atoms with Gasteiger partial charge >= 0.3 is 6.61 Å². The lowest BCUT2D eigenvalue weighted by molar-refractivity contribution is -0.0505. The van der Waals surface area contributed by atoms with E-state index in [4.69, 9.17) is 9.26 Å². The van der Waals surface area contributed by atoms with Crippen molar-refractivity contribution in [1.29, 1.82) is 0 Å². The van der Waals surface area contributed by atoms with Gasteiger partial charge in [0, 0.05) is 43.2 Å². The molecule has 2 aromatic rings. The normalized spacial score (nSPS) is 12.3. The average Bonchev–Trinajstić information content (AvgIpc) is 3.05. The molecule has 10 heteroatoms. The van der Waals surface area contributed by atoms with Crippen LogP contribution in [0.3, 0.4) is 0 Å². The number of guanidine groups is 1. The molecule has 0 spiro atoms. The monoisotopic (exact) mass is 552 g/mol. The number of rotatable bonds is 10. The molecule has 1 heterocycles. The number of nitrogens with one attached hydrogen (secondary N) is 2. The van der Waals surface area contributed by atoms with Gasteiger partial charge in [-0.05, 0) is 32.4 Å². The van der Waals surface area contributed by atoms with Crippen molar-refractivity contribution in [2.24, 2.45) is 4.99 Å². The number of nitrogens with zero attached hydrogens (tertiary/aromatic N) is 2. The molecule has 31 heavy (non-hydrogen) atoms. The van der Waals surface area contributed by atoms with Crippen LogP contribution in [0.4, 0.5) is 8.78 Å². The fourth-order valence-electron chi connectivity index (χ4n) is 3.14. The molecular weight excluding hydrogens is 521 g/mol. The first-order chi connectivity index (χ1) is 14.3. The summed E-state index contributed by atoms with van der Waals surface area (Å²) in [4.78, 5) is 4.19. The molecule has 0 aliphatic rings. The quantitative estimate of drug-likeness (QED) is 0.251. The van der Waals surface area contributed by atoms with Gasteiger partial charge in [-0.2, -0.15) is 8.78 Å². The highest BCUT2D eigenvalue weighted by Gasteiger charge is 2.17. The van der Waals surface area contributed by atoms with Gasteiger partial charge in [-0.15, -0.1) is 24.0 Å². The standard InChI is InChI=1S/C21H30F2N4O3.HI/c1-6-9-28-17-8-7-16(18(10-17)29-20(22)23)12-26-21(24-5)25-11-13(2)19-14(3)27-30-15(19)4;/h7-8,10,13,20H,6,9,11-12H2,1-5H3,(H2,24,25,26);1H. The van der Waals surface area contributed by atoms with E-state index < -0.39 is 6.61 Å². The molecule has 0 saturated heterocycles. The minimum Gasteiger partial charge on any atom is -0.493 e. The topological polar surface area (TPSA) is 80.9 Å². The summed E-state index contributed by atoms with van der Waals surface area (Å²) in [6.07, 6.45) is 0.822. The summed E-state index contributed by atoms with van der Waals surface area (Å²) in [5.74, 6) is 2.06. The van der Waals surface area contributed by atoms with Crippen molar-refractivity contribution in [2.45, 2.75) is 53.2 Å². The van der Waals surface area contributed by atoms with Gasteiger partial charge in [-0.3, -0.25) is 4.99 Å². The number of benzene rings is 1. The van der Waals surface area contributed by atoms with Crippen LogP contribution in [0.2, 0.25) is 0 Å². The van der Waals surface area contributed by atoms with Gasteiger partial charge in [0.25, 0.3) is 0 Å². The second-order valence-corrected chi connectivity index (χ2v) is 6.94. The summed E-state index contributed by atoms with van der Waals surface area (Å²) < 4.78 is 41.1. The Morgan fingerprint density at radius 3 is 2.58 bits per heavy atom. The van der Waals surface area contributed by atoms with Crippen LogP contribution in [0.5, 0.6) is 11.5 Å². The summed E-state index contributed by atoms with van der Waals surface area (Å²) >= 11 is 0. The maximum atomic E-state index is 12.8. The van der Waals surface area contributed by atoms with Crippen molar-refractivity contribution < 1.29 is 22.8 Å². The number of hydrogen-bond acceptors (Lipinski definition) is 5. The first-order valence-corrected chi connectivity index (χ1v) is 9.93. The predicted molar refractivity (Wildman–Crippen MR) is 127 cm³/mol. The van der Waals surface area contributed by atoms with E-state index in [0.717, 1.165) is 23.4 Å². The van der Waals surface area contributed by atoms with E-state index in [9.17, 15) is 8.78 Å². The highest BCUT2D eigenvalue weighted by molar-refractivity contribution is 14.0. The molecule has 7 nitrogen and oxygen atoms in total. The van der Waals surface area contributed by atoms with Crippen LogP contribution in [0, 0.1) is 13.8 Å². The molecule has 0 saturated carbocycles. The van der Waals surface area contributed by atoms with Crippen molar-refractivity contribution in [1.82, 2.24) is 15.8 Å². The van der Waals surface area contributed by atoms with E-state index in [1.807, 2.05) is 20.8 Å². The maximum absolute atomic E-state index is 12.8. The Labute approximate surface area is 199 Å². The van der Waals surface area contributed by atoms with Gasteiger partial charge in [0.2, 0.25) is 0 Å². The molecule has 0 bridgehead atoms. The van der Waals surface area contributed by atoms with Crippen LogP contribution in [0.15, 0.2) is 27.7 Å². The Balaban J connectivity index is 0.00000480. The Morgan fingerprint density at radius 2 is 2.00 bits per heavy atom. The molecule has 1 atom stereocenters. The van der Waals surface area contributed by atoms with Crippen molar-refractivity contribution in [3.8, 4) is 11.5 Å². The third-order valence-electron chi connectivity index (χ3n) is 4.55. The van der Waals surface area contributed by atoms with E-state index in [1.54, 1.807) is 19.2 Å². The first-order valence-electron chi connectivity index (χ1n) is 9.93. The van der Waals surface area contributed by atoms with Crippen LogP contribution >= 0.6 is 24.0 Å². The lowest BCUT2D eigenvalue weighted by Crippen LogP contribution is -2.38. The average molecular weight is 552 g/mol. The lowest BCUT2D eigenvalue weighted by atomic mass is 10.00. The zero-order valence-corrected chi connectivity index (χ0v) is 20.8. The molecule has 2 rings (SSSR count). The number of halogens is 3. The maximum Gasteiger partial charge on any atom is 0.387 e. The molecule has 1 unspecified atom stereocenters. The fourth-order valence-corrected chi connectivity index (χ4v) is 3.14. The van der Waals surface area contributed by atoms with E-state index in [2.05, 4.69) is 32.4 Å². The summed E-state index contributed by atoms with van der Waals surface area (Å²) in [5.41, 5.74) is 2.50. The molecule has 1 aromatic carbocycles. The van der Waals surface area contributed by atoms with Gasteiger partial charge in [-0.25, -0.2) is 0 Å². The molecular formula is C21H31F2IN4O3. The Kier molecular flexibility index (Phi) is 11.6. The molecule has 174 valence electrons. The van der Waals surface area contributed by atoms with Crippen molar-refractivity contribution in [3.63, 3.8) is 0 Å². The van der Waals surface area contributed by atoms with Crippen LogP contribution in [0.1, 0.15) is 48.8 Å². The Morgan fingerprint density at radius 1 is 1.26 bits per heavy atom. The predicted octanol–water partition coefficient (Wildman–Crippen LogP) is 4.77. The molecule has 0 amide bonds. The molecule has 0 radical (unpaired) electrons. The summed E-state index contributed by atoms with van der Waals surface area (Å²) in [6.45, 7) is 6.29. The minimum atomic E-state index is -2.92. The molecule has 1 aromatic heterocycles. The Bertz CT molecular complexity index is 827. The number of aryl methyl sites for hydroxylation is 2.